The molecule has 0 aliphatic heterocycles. The summed E-state index contributed by atoms with van der Waals surface area (Å²) < 4.78 is 0.782. The smallest absolute Gasteiger partial charge is 1.00 e. The average Bonchev–Trinajstić information content (AvgIpc) is 1.87. The second kappa shape index (κ2) is 6.88. The van der Waals surface area contributed by atoms with Crippen LogP contribution in [0.15, 0.2) is 10.4 Å². The monoisotopic (exact) mass is 197 g/mol. The van der Waals surface area contributed by atoms with Crippen molar-refractivity contribution in [3.05, 3.63) is 9.33 Å². The molecule has 0 unspecified atom stereocenters. The number of hydrogen-bond donors (Lipinski definition) is 2. The molecule has 0 atom stereocenters. The quantitative estimate of drug-likeness (QED) is 0.249. The molecule has 1 N–H and O–H groups in total. The molecule has 0 saturated carbocycles. The van der Waals surface area contributed by atoms with Crippen molar-refractivity contribution in [2.45, 2.75) is 5.03 Å². The Balaban J connectivity index is -0.0000000612. The molecule has 0 bridgehead atoms. The fraction of sp³-hybridized carbons (Fsp3) is 0. The van der Waals surface area contributed by atoms with Gasteiger partial charge in [0.2, 0.25) is 0 Å². The van der Waals surface area contributed by atoms with E-state index in [0.717, 1.165) is 8.98 Å². The van der Waals surface area contributed by atoms with Crippen LogP contribution in [0.5, 0.6) is 0 Å². The fourth-order valence-electron chi connectivity index (χ4n) is 0.273. The molecule has 0 saturated heterocycles. The maximum Gasteiger partial charge on any atom is 1.00 e. The fourth-order valence-corrected chi connectivity index (χ4v) is 1.39. The number of aromatic nitrogens is 1. The van der Waals surface area contributed by atoms with Crippen LogP contribution in [0.3, 0.4) is 0 Å². The molecular weight excluding hydrogens is 192 g/mol. The third kappa shape index (κ3) is 5.47. The van der Waals surface area contributed by atoms with Gasteiger partial charge < -0.3 is 7.84 Å². The van der Waals surface area contributed by atoms with Gasteiger partial charge in [-0.05, 0) is 12.2 Å². The van der Waals surface area contributed by atoms with Gasteiger partial charge >= 0.3 is 59.1 Å². The first-order valence-electron chi connectivity index (χ1n) is 1.66. The Hall–Kier alpha value is 2.20. The van der Waals surface area contributed by atoms with Crippen LogP contribution in [-0.4, -0.2) is 4.98 Å². The van der Waals surface area contributed by atoms with Crippen LogP contribution in [0.4, 0.5) is 0 Å². The molecule has 0 aromatic carbocycles. The normalized spacial score (nSPS) is 7.22. The minimum Gasteiger partial charge on any atom is -1.00 e. The predicted molar refractivity (Wildman–Crippen MR) is 39.0 cm³/mol. The van der Waals surface area contributed by atoms with Crippen LogP contribution in [-0.2, 0) is 0 Å². The second-order valence-corrected chi connectivity index (χ2v) is 3.06. The number of H-pyrrole nitrogens is 1. The summed E-state index contributed by atoms with van der Waals surface area (Å²) in [5.41, 5.74) is 0. The summed E-state index contributed by atoms with van der Waals surface area (Å²) in [7, 11) is 0. The molecular formula is C3H5NNa2S3. The van der Waals surface area contributed by atoms with Crippen LogP contribution in [0, 0.1) is 3.95 Å². The molecule has 1 aromatic heterocycles. The van der Waals surface area contributed by atoms with E-state index in [4.69, 9.17) is 12.2 Å². The third-order valence-corrected chi connectivity index (χ3v) is 1.98. The predicted octanol–water partition coefficient (Wildman–Crippen LogP) is -3.67. The third-order valence-electron chi connectivity index (χ3n) is 0.508. The number of nitrogens with one attached hydrogen (secondary N) is 1. The Kier molecular flexibility index (Phi) is 10.5. The van der Waals surface area contributed by atoms with Crippen molar-refractivity contribution in [2.24, 2.45) is 0 Å². The second-order valence-electron chi connectivity index (χ2n) is 1.03. The number of aromatic amines is 1. The van der Waals surface area contributed by atoms with Gasteiger partial charge in [0, 0.05) is 5.38 Å². The van der Waals surface area contributed by atoms with Gasteiger partial charge in [-0.15, -0.1) is 24.0 Å². The van der Waals surface area contributed by atoms with Crippen molar-refractivity contribution in [3.8, 4) is 0 Å². The van der Waals surface area contributed by atoms with Crippen molar-refractivity contribution in [2.75, 3.05) is 0 Å². The van der Waals surface area contributed by atoms with Gasteiger partial charge in [0.05, 0.1) is 5.03 Å². The first-order chi connectivity index (χ1) is 3.29. The van der Waals surface area contributed by atoms with Crippen LogP contribution >= 0.6 is 36.2 Å². The van der Waals surface area contributed by atoms with Crippen LogP contribution in [0.25, 0.3) is 0 Å². The summed E-state index contributed by atoms with van der Waals surface area (Å²) in [4.78, 5) is 2.84. The summed E-state index contributed by atoms with van der Waals surface area (Å²) in [6.45, 7) is 0. The molecule has 1 heterocycles. The van der Waals surface area contributed by atoms with E-state index in [0.29, 0.717) is 0 Å². The Morgan fingerprint density at radius 1 is 1.67 bits per heavy atom. The molecule has 1 aromatic rings. The summed E-state index contributed by atoms with van der Waals surface area (Å²) >= 11 is 10.2. The van der Waals surface area contributed by atoms with E-state index in [9.17, 15) is 0 Å². The molecule has 9 heavy (non-hydrogen) atoms. The minimum absolute atomic E-state index is 0. The number of thiol groups is 1. The molecule has 0 radical (unpaired) electrons. The Bertz CT molecular complexity index is 212. The number of hydrogen-bond acceptors (Lipinski definition) is 3. The van der Waals surface area contributed by atoms with E-state index in [2.05, 4.69) is 17.6 Å². The Labute approximate surface area is 116 Å². The van der Waals surface area contributed by atoms with Crippen molar-refractivity contribution in [1.29, 1.82) is 0 Å². The van der Waals surface area contributed by atoms with E-state index in [-0.39, 0.29) is 62.0 Å². The maximum atomic E-state index is 4.75. The molecule has 0 amide bonds. The van der Waals surface area contributed by atoms with Gasteiger partial charge in [0.1, 0.15) is 0 Å². The van der Waals surface area contributed by atoms with Crippen LogP contribution in [0.2, 0.25) is 0 Å². The first kappa shape index (κ1) is 13.8. The van der Waals surface area contributed by atoms with Gasteiger partial charge in [-0.3, -0.25) is 0 Å². The van der Waals surface area contributed by atoms with Crippen molar-refractivity contribution in [3.63, 3.8) is 0 Å². The molecule has 1 nitrogen and oxygen atoms in total. The SMILES string of the molecule is S=c1[nH]c(S)cs1.[H-].[H-].[Na+].[Na+]. The van der Waals surface area contributed by atoms with Crippen molar-refractivity contribution in [1.82, 2.24) is 4.98 Å². The summed E-state index contributed by atoms with van der Waals surface area (Å²) in [5.74, 6) is 0. The van der Waals surface area contributed by atoms with Crippen molar-refractivity contribution < 1.29 is 62.0 Å². The van der Waals surface area contributed by atoms with E-state index in [1.54, 1.807) is 0 Å². The zero-order valence-electron chi connectivity index (χ0n) is 7.34. The largest absolute Gasteiger partial charge is 1.00 e. The van der Waals surface area contributed by atoms with Gasteiger partial charge in [0.25, 0.3) is 0 Å². The van der Waals surface area contributed by atoms with Crippen LogP contribution in [0.1, 0.15) is 2.85 Å². The zero-order chi connectivity index (χ0) is 5.28. The molecule has 0 fully saturated rings. The first-order valence-corrected chi connectivity index (χ1v) is 3.39. The molecule has 1 rings (SSSR count). The van der Waals surface area contributed by atoms with Gasteiger partial charge in [0.15, 0.2) is 3.95 Å². The van der Waals surface area contributed by atoms with Crippen molar-refractivity contribution >= 4 is 36.2 Å². The van der Waals surface area contributed by atoms with E-state index in [1.165, 1.54) is 11.3 Å². The molecule has 0 aliphatic rings. The molecule has 0 aliphatic carbocycles. The van der Waals surface area contributed by atoms with Gasteiger partial charge in [-0.1, -0.05) is 0 Å². The van der Waals surface area contributed by atoms with Gasteiger partial charge in [-0.25, -0.2) is 0 Å². The summed E-state index contributed by atoms with van der Waals surface area (Å²) in [6.07, 6.45) is 0. The van der Waals surface area contributed by atoms with E-state index in [1.807, 2.05) is 5.38 Å². The van der Waals surface area contributed by atoms with E-state index < -0.39 is 0 Å². The average molecular weight is 197 g/mol. The molecule has 0 spiro atoms. The Morgan fingerprint density at radius 3 is 2.33 bits per heavy atom. The minimum atomic E-state index is 0. The number of thiazole rings is 1. The van der Waals surface area contributed by atoms with Crippen LogP contribution < -0.4 is 59.1 Å². The molecule has 42 valence electrons. The van der Waals surface area contributed by atoms with E-state index >= 15 is 0 Å². The molecule has 6 heteroatoms. The standard InChI is InChI=1S/C3H3NS3.2Na.2H/c5-2-1-7-3(6)4-2;;;;/h1,5H,(H,4,6);;;;/q;2*+1;2*-1. The summed E-state index contributed by atoms with van der Waals surface area (Å²) in [5, 5.41) is 2.71. The zero-order valence-corrected chi connectivity index (χ0v) is 11.9. The Morgan fingerprint density at radius 2 is 2.22 bits per heavy atom. The number of rotatable bonds is 0. The van der Waals surface area contributed by atoms with Gasteiger partial charge in [-0.2, -0.15) is 0 Å². The maximum absolute atomic E-state index is 4.75. The summed E-state index contributed by atoms with van der Waals surface area (Å²) in [6, 6.07) is 0. The topological polar surface area (TPSA) is 15.8 Å².